The van der Waals surface area contributed by atoms with E-state index in [0.29, 0.717) is 65.3 Å². The molecule has 0 radical (unpaired) electrons. The van der Waals surface area contributed by atoms with Gasteiger partial charge < -0.3 is 10.6 Å². The Labute approximate surface area is 219 Å². The quantitative estimate of drug-likeness (QED) is 0.335. The molecule has 9 heteroatoms. The second-order valence-corrected chi connectivity index (χ2v) is 10.3. The molecule has 2 N–H and O–H groups in total. The first-order valence-electron chi connectivity index (χ1n) is 12.4. The van der Waals surface area contributed by atoms with Crippen LogP contribution in [0, 0.1) is 25.6 Å². The molecule has 1 atom stereocenters. The molecule has 1 unspecified atom stereocenters. The normalized spacial score (nSPS) is 12.1. The van der Waals surface area contributed by atoms with Crippen molar-refractivity contribution in [1.82, 2.24) is 18.8 Å². The second kappa shape index (κ2) is 11.7. The van der Waals surface area contributed by atoms with Gasteiger partial charge in [-0.1, -0.05) is 36.8 Å². The SMILES string of the molecule is Cc1ccc(C(=O)N(CCCN)CC(C)Cc2nc3snc(C)c3c(=O)n2Cc2cccc(F)c2)cc1. The lowest BCUT2D eigenvalue weighted by Gasteiger charge is -2.26. The van der Waals surface area contributed by atoms with Gasteiger partial charge in [0.25, 0.3) is 11.5 Å². The molecule has 0 aliphatic rings. The Morgan fingerprint density at radius 3 is 2.65 bits per heavy atom. The number of nitrogens with zero attached hydrogens (tertiary/aromatic N) is 4. The lowest BCUT2D eigenvalue weighted by molar-refractivity contribution is 0.0730. The highest BCUT2D eigenvalue weighted by Crippen LogP contribution is 2.20. The van der Waals surface area contributed by atoms with Gasteiger partial charge >= 0.3 is 0 Å². The van der Waals surface area contributed by atoms with E-state index in [0.717, 1.165) is 5.56 Å². The average molecular weight is 522 g/mol. The number of hydrogen-bond acceptors (Lipinski definition) is 6. The Hall–Kier alpha value is -3.43. The van der Waals surface area contributed by atoms with Crippen molar-refractivity contribution in [2.75, 3.05) is 19.6 Å². The topological polar surface area (TPSA) is 94.1 Å². The number of amides is 1. The number of halogens is 1. The maximum atomic E-state index is 13.9. The molecule has 2 heterocycles. The minimum Gasteiger partial charge on any atom is -0.338 e. The molecule has 194 valence electrons. The number of aryl methyl sites for hydroxylation is 2. The molecule has 37 heavy (non-hydrogen) atoms. The summed E-state index contributed by atoms with van der Waals surface area (Å²) in [6.07, 6.45) is 1.16. The summed E-state index contributed by atoms with van der Waals surface area (Å²) >= 11 is 1.20. The lowest BCUT2D eigenvalue weighted by atomic mass is 10.0. The Bertz CT molecular complexity index is 1450. The van der Waals surface area contributed by atoms with Crippen molar-refractivity contribution >= 4 is 27.7 Å². The summed E-state index contributed by atoms with van der Waals surface area (Å²) in [7, 11) is 0. The molecular formula is C28H32FN5O2S. The van der Waals surface area contributed by atoms with Crippen LogP contribution in [-0.2, 0) is 13.0 Å². The molecule has 7 nitrogen and oxygen atoms in total. The fourth-order valence-corrected chi connectivity index (χ4v) is 5.22. The summed E-state index contributed by atoms with van der Waals surface area (Å²) in [5.74, 6) is 0.204. The Balaban J connectivity index is 1.63. The molecule has 2 aromatic carbocycles. The summed E-state index contributed by atoms with van der Waals surface area (Å²) in [6, 6.07) is 13.8. The number of rotatable bonds is 10. The van der Waals surface area contributed by atoms with Crippen molar-refractivity contribution in [3.8, 4) is 0 Å². The molecule has 1 amide bonds. The molecule has 0 saturated heterocycles. The van der Waals surface area contributed by atoms with Crippen LogP contribution in [-0.4, -0.2) is 44.4 Å². The molecular weight excluding hydrogens is 489 g/mol. The van der Waals surface area contributed by atoms with Gasteiger partial charge in [0.05, 0.1) is 17.6 Å². The zero-order chi connectivity index (χ0) is 26.5. The molecule has 0 bridgehead atoms. The van der Waals surface area contributed by atoms with Crippen molar-refractivity contribution in [1.29, 1.82) is 0 Å². The van der Waals surface area contributed by atoms with E-state index in [4.69, 9.17) is 10.7 Å². The predicted molar refractivity (Wildman–Crippen MR) is 146 cm³/mol. The first kappa shape index (κ1) is 26.6. The highest BCUT2D eigenvalue weighted by atomic mass is 32.1. The highest BCUT2D eigenvalue weighted by Gasteiger charge is 2.22. The minimum atomic E-state index is -0.354. The summed E-state index contributed by atoms with van der Waals surface area (Å²) in [5.41, 5.74) is 8.61. The van der Waals surface area contributed by atoms with Crippen LogP contribution in [0.1, 0.15) is 46.3 Å². The lowest BCUT2D eigenvalue weighted by Crippen LogP contribution is -2.37. The van der Waals surface area contributed by atoms with E-state index in [2.05, 4.69) is 4.37 Å². The number of benzene rings is 2. The Morgan fingerprint density at radius 2 is 1.95 bits per heavy atom. The van der Waals surface area contributed by atoms with Crippen molar-refractivity contribution < 1.29 is 9.18 Å². The summed E-state index contributed by atoms with van der Waals surface area (Å²) in [6.45, 7) is 7.55. The molecule has 2 aromatic heterocycles. The van der Waals surface area contributed by atoms with Gasteiger partial charge in [0.15, 0.2) is 4.83 Å². The zero-order valence-corrected chi connectivity index (χ0v) is 22.2. The van der Waals surface area contributed by atoms with E-state index in [1.54, 1.807) is 23.6 Å². The van der Waals surface area contributed by atoms with Crippen molar-refractivity contribution in [3.05, 3.63) is 92.9 Å². The second-order valence-electron chi connectivity index (χ2n) is 9.57. The molecule has 0 saturated carbocycles. The van der Waals surface area contributed by atoms with Gasteiger partial charge in [0.1, 0.15) is 11.6 Å². The monoisotopic (exact) mass is 521 g/mol. The van der Waals surface area contributed by atoms with Gasteiger partial charge in [0.2, 0.25) is 0 Å². The number of aromatic nitrogens is 3. The van der Waals surface area contributed by atoms with E-state index in [-0.39, 0.29) is 29.7 Å². The van der Waals surface area contributed by atoms with Gasteiger partial charge in [0, 0.05) is 25.1 Å². The van der Waals surface area contributed by atoms with Crippen LogP contribution < -0.4 is 11.3 Å². The van der Waals surface area contributed by atoms with Crippen LogP contribution in [0.25, 0.3) is 10.2 Å². The third kappa shape index (κ3) is 6.29. The van der Waals surface area contributed by atoms with Crippen molar-refractivity contribution in [2.45, 2.75) is 40.2 Å². The third-order valence-corrected chi connectivity index (χ3v) is 7.19. The summed E-state index contributed by atoms with van der Waals surface area (Å²) in [4.78, 5) is 34.0. The smallest absolute Gasteiger partial charge is 0.264 e. The van der Waals surface area contributed by atoms with Crippen LogP contribution in [0.3, 0.4) is 0 Å². The number of carbonyl (C=O) groups excluding carboxylic acids is 1. The number of fused-ring (bicyclic) bond motifs is 1. The first-order chi connectivity index (χ1) is 17.8. The zero-order valence-electron chi connectivity index (χ0n) is 21.4. The van der Waals surface area contributed by atoms with E-state index < -0.39 is 0 Å². The number of hydrogen-bond donors (Lipinski definition) is 1. The minimum absolute atomic E-state index is 0.00398. The summed E-state index contributed by atoms with van der Waals surface area (Å²) < 4.78 is 19.8. The molecule has 0 aliphatic heterocycles. The van der Waals surface area contributed by atoms with Crippen LogP contribution in [0.4, 0.5) is 4.39 Å². The van der Waals surface area contributed by atoms with Gasteiger partial charge in [-0.2, -0.15) is 4.37 Å². The summed E-state index contributed by atoms with van der Waals surface area (Å²) in [5, 5.41) is 0.497. The van der Waals surface area contributed by atoms with Crippen molar-refractivity contribution in [3.63, 3.8) is 0 Å². The first-order valence-corrected chi connectivity index (χ1v) is 13.2. The highest BCUT2D eigenvalue weighted by molar-refractivity contribution is 7.12. The largest absolute Gasteiger partial charge is 0.338 e. The van der Waals surface area contributed by atoms with E-state index in [1.807, 2.05) is 43.0 Å². The number of carbonyl (C=O) groups is 1. The molecule has 4 rings (SSSR count). The Kier molecular flexibility index (Phi) is 8.45. The van der Waals surface area contributed by atoms with Gasteiger partial charge in [-0.25, -0.2) is 9.37 Å². The standard InChI is InChI=1S/C28H32FN5O2S/c1-18-8-10-22(11-9-18)27(35)33(13-5-12-30)16-19(2)14-24-31-26-25(20(3)32-37-26)28(36)34(24)17-21-6-4-7-23(29)15-21/h4,6-11,15,19H,5,12-14,16-17,30H2,1-3H3. The molecule has 0 aliphatic carbocycles. The number of nitrogens with two attached hydrogens (primary N) is 1. The van der Waals surface area contributed by atoms with Crippen LogP contribution in [0.5, 0.6) is 0 Å². The fourth-order valence-electron chi connectivity index (χ4n) is 4.44. The van der Waals surface area contributed by atoms with E-state index >= 15 is 0 Å². The molecule has 0 fully saturated rings. The third-order valence-electron chi connectivity index (χ3n) is 6.36. The van der Waals surface area contributed by atoms with Gasteiger partial charge in [-0.3, -0.25) is 14.2 Å². The van der Waals surface area contributed by atoms with Gasteiger partial charge in [-0.05, 0) is 74.1 Å². The van der Waals surface area contributed by atoms with E-state index in [1.165, 1.54) is 23.7 Å². The fraction of sp³-hybridized carbons (Fsp3) is 0.357. The van der Waals surface area contributed by atoms with Crippen molar-refractivity contribution in [2.24, 2.45) is 11.7 Å². The Morgan fingerprint density at radius 1 is 1.19 bits per heavy atom. The van der Waals surface area contributed by atoms with Crippen LogP contribution in [0.15, 0.2) is 53.3 Å². The molecule has 4 aromatic rings. The van der Waals surface area contributed by atoms with Crippen LogP contribution in [0.2, 0.25) is 0 Å². The molecule has 0 spiro atoms. The van der Waals surface area contributed by atoms with E-state index in [9.17, 15) is 14.0 Å². The maximum Gasteiger partial charge on any atom is 0.264 e. The average Bonchev–Trinajstić information content (AvgIpc) is 3.24. The van der Waals surface area contributed by atoms with Gasteiger partial charge in [-0.15, -0.1) is 0 Å². The maximum absolute atomic E-state index is 13.9. The predicted octanol–water partition coefficient (Wildman–Crippen LogP) is 4.33. The van der Waals surface area contributed by atoms with Crippen LogP contribution >= 0.6 is 11.5 Å².